The number of nitrogens with one attached hydrogen (secondary N) is 1. The molecule has 2 aliphatic heterocycles. The Balaban J connectivity index is 1.20. The van der Waals surface area contributed by atoms with Gasteiger partial charge in [-0.15, -0.1) is 0 Å². The highest BCUT2D eigenvalue weighted by atomic mass is 35.5. The van der Waals surface area contributed by atoms with Crippen LogP contribution in [0.4, 0.5) is 0 Å². The number of ether oxygens (including phenoxy) is 3. The number of rotatable bonds is 5. The van der Waals surface area contributed by atoms with Crippen LogP contribution in [0.5, 0.6) is 0 Å². The summed E-state index contributed by atoms with van der Waals surface area (Å²) in [6.07, 6.45) is -1.30. The third-order valence-corrected chi connectivity index (χ3v) is 6.60. The van der Waals surface area contributed by atoms with Gasteiger partial charge in [-0.3, -0.25) is 0 Å². The molecule has 0 radical (unpaired) electrons. The Morgan fingerprint density at radius 1 is 0.939 bits per heavy atom. The largest absolute Gasteiger partial charge is 0.388 e. The van der Waals surface area contributed by atoms with Crippen LogP contribution in [0.3, 0.4) is 0 Å². The third kappa shape index (κ3) is 3.94. The number of benzene rings is 2. The minimum Gasteiger partial charge on any atom is -0.388 e. The lowest BCUT2D eigenvalue weighted by Gasteiger charge is -2.16. The van der Waals surface area contributed by atoms with Gasteiger partial charge in [0.15, 0.2) is 0 Å². The molecule has 6 rings (SSSR count). The number of aliphatic hydroxyl groups excluding tert-OH is 1. The Morgan fingerprint density at radius 3 is 2.48 bits per heavy atom. The van der Waals surface area contributed by atoms with Crippen LogP contribution in [0.1, 0.15) is 5.69 Å². The van der Waals surface area contributed by atoms with E-state index >= 15 is 0 Å². The average molecular weight is 463 g/mol. The summed E-state index contributed by atoms with van der Waals surface area (Å²) >= 11 is 6.59. The molecule has 4 atom stereocenters. The zero-order valence-corrected chi connectivity index (χ0v) is 18.5. The summed E-state index contributed by atoms with van der Waals surface area (Å²) in [5, 5.41) is 10.5. The molecule has 6 nitrogen and oxygen atoms in total. The standard InChI is InChI=1S/C26H23ClN2O4/c27-19-11-21-20(10-18(28-21)12-31-23-14-33-25-22(30)13-32-26(23)25)29-24(19)17-8-6-16(7-9-17)15-4-2-1-3-5-15/h1-11,22-23,25-26,28,30H,12-14H2. The van der Waals surface area contributed by atoms with E-state index in [-0.39, 0.29) is 18.3 Å². The lowest BCUT2D eigenvalue weighted by atomic mass is 10.0. The third-order valence-electron chi connectivity index (χ3n) is 6.31. The molecule has 0 spiro atoms. The molecule has 2 aliphatic rings. The summed E-state index contributed by atoms with van der Waals surface area (Å²) in [5.74, 6) is 0. The molecule has 0 amide bonds. The quantitative estimate of drug-likeness (QED) is 0.453. The molecule has 2 aromatic heterocycles. The number of hydrogen-bond acceptors (Lipinski definition) is 5. The molecule has 2 fully saturated rings. The van der Waals surface area contributed by atoms with Crippen molar-refractivity contribution in [2.75, 3.05) is 13.2 Å². The van der Waals surface area contributed by atoms with E-state index in [2.05, 4.69) is 29.2 Å². The van der Waals surface area contributed by atoms with Crippen molar-refractivity contribution in [2.24, 2.45) is 0 Å². The molecule has 7 heteroatoms. The van der Waals surface area contributed by atoms with Crippen LogP contribution in [-0.4, -0.2) is 52.7 Å². The zero-order chi connectivity index (χ0) is 22.4. The first-order chi connectivity index (χ1) is 16.2. The van der Waals surface area contributed by atoms with E-state index in [1.54, 1.807) is 0 Å². The minimum atomic E-state index is -0.580. The van der Waals surface area contributed by atoms with Gasteiger partial charge in [-0.2, -0.15) is 0 Å². The number of aliphatic hydroxyl groups is 1. The Kier molecular flexibility index (Phi) is 5.40. The first-order valence-corrected chi connectivity index (χ1v) is 11.4. The SMILES string of the molecule is OC1COC2C(OCc3cc4nc(-c5ccc(-c6ccccc6)cc5)c(Cl)cc4[nH]3)COC12. The van der Waals surface area contributed by atoms with Crippen LogP contribution in [0, 0.1) is 0 Å². The molecule has 33 heavy (non-hydrogen) atoms. The fourth-order valence-electron chi connectivity index (χ4n) is 4.60. The van der Waals surface area contributed by atoms with E-state index in [1.807, 2.05) is 42.5 Å². The summed E-state index contributed by atoms with van der Waals surface area (Å²) in [6.45, 7) is 1.07. The van der Waals surface area contributed by atoms with Gasteiger partial charge < -0.3 is 24.3 Å². The molecule has 0 bridgehead atoms. The topological polar surface area (TPSA) is 76.6 Å². The smallest absolute Gasteiger partial charge is 0.115 e. The highest BCUT2D eigenvalue weighted by molar-refractivity contribution is 6.33. The molecule has 4 aromatic rings. The maximum atomic E-state index is 9.88. The predicted molar refractivity (Wildman–Crippen MR) is 126 cm³/mol. The highest BCUT2D eigenvalue weighted by Crippen LogP contribution is 2.32. The van der Waals surface area contributed by atoms with Gasteiger partial charge in [0, 0.05) is 11.3 Å². The number of fused-ring (bicyclic) bond motifs is 2. The van der Waals surface area contributed by atoms with Gasteiger partial charge in [0.05, 0.1) is 41.6 Å². The van der Waals surface area contributed by atoms with E-state index in [1.165, 1.54) is 5.56 Å². The van der Waals surface area contributed by atoms with Crippen LogP contribution >= 0.6 is 11.6 Å². The molecule has 4 unspecified atom stereocenters. The Labute approximate surface area is 196 Å². The van der Waals surface area contributed by atoms with Crippen molar-refractivity contribution >= 4 is 22.6 Å². The van der Waals surface area contributed by atoms with Gasteiger partial charge in [0.2, 0.25) is 0 Å². The maximum absolute atomic E-state index is 9.88. The van der Waals surface area contributed by atoms with Crippen LogP contribution in [0.2, 0.25) is 5.02 Å². The molecule has 0 saturated carbocycles. The second-order valence-electron chi connectivity index (χ2n) is 8.50. The molecular formula is C26H23ClN2O4. The van der Waals surface area contributed by atoms with E-state index in [0.29, 0.717) is 24.8 Å². The van der Waals surface area contributed by atoms with E-state index in [9.17, 15) is 5.11 Å². The van der Waals surface area contributed by atoms with Gasteiger partial charge in [-0.05, 0) is 23.3 Å². The van der Waals surface area contributed by atoms with Crippen molar-refractivity contribution < 1.29 is 19.3 Å². The number of hydrogen-bond donors (Lipinski definition) is 2. The summed E-state index contributed by atoms with van der Waals surface area (Å²) < 4.78 is 17.3. The van der Waals surface area contributed by atoms with E-state index < -0.39 is 6.10 Å². The molecule has 2 saturated heterocycles. The van der Waals surface area contributed by atoms with Gasteiger partial charge >= 0.3 is 0 Å². The lowest BCUT2D eigenvalue weighted by Crippen LogP contribution is -2.32. The normalized spacial score (nSPS) is 24.4. The van der Waals surface area contributed by atoms with E-state index in [0.717, 1.165) is 33.5 Å². The van der Waals surface area contributed by atoms with Gasteiger partial charge in [-0.25, -0.2) is 4.98 Å². The summed E-state index contributed by atoms with van der Waals surface area (Å²) in [6, 6.07) is 22.4. The highest BCUT2D eigenvalue weighted by Gasteiger charge is 2.47. The Morgan fingerprint density at radius 2 is 1.67 bits per heavy atom. The van der Waals surface area contributed by atoms with Crippen molar-refractivity contribution in [3.63, 3.8) is 0 Å². The zero-order valence-electron chi connectivity index (χ0n) is 17.8. The molecular weight excluding hydrogens is 440 g/mol. The summed E-state index contributed by atoms with van der Waals surface area (Å²) in [5.41, 5.74) is 6.61. The van der Waals surface area contributed by atoms with Gasteiger partial charge in [0.1, 0.15) is 24.4 Å². The number of pyridine rings is 1. The maximum Gasteiger partial charge on any atom is 0.115 e. The average Bonchev–Trinajstić information content (AvgIpc) is 3.54. The monoisotopic (exact) mass is 462 g/mol. The predicted octanol–water partition coefficient (Wildman–Crippen LogP) is 4.59. The first-order valence-electron chi connectivity index (χ1n) is 11.0. The number of aromatic amines is 1. The fraction of sp³-hybridized carbons (Fsp3) is 0.269. The Bertz CT molecular complexity index is 1270. The number of H-pyrrole nitrogens is 1. The van der Waals surface area contributed by atoms with Crippen molar-refractivity contribution in [1.29, 1.82) is 0 Å². The number of aromatic nitrogens is 2. The van der Waals surface area contributed by atoms with Crippen molar-refractivity contribution in [1.82, 2.24) is 9.97 Å². The molecule has 2 aromatic carbocycles. The minimum absolute atomic E-state index is 0.200. The van der Waals surface area contributed by atoms with Gasteiger partial charge in [-0.1, -0.05) is 66.2 Å². The van der Waals surface area contributed by atoms with Crippen LogP contribution < -0.4 is 0 Å². The van der Waals surface area contributed by atoms with Crippen LogP contribution in [0.15, 0.2) is 66.7 Å². The second kappa shape index (κ2) is 8.56. The molecule has 0 aliphatic carbocycles. The van der Waals surface area contributed by atoms with Gasteiger partial charge in [0.25, 0.3) is 0 Å². The van der Waals surface area contributed by atoms with Crippen LogP contribution in [-0.2, 0) is 20.8 Å². The van der Waals surface area contributed by atoms with Crippen LogP contribution in [0.25, 0.3) is 33.4 Å². The fourth-order valence-corrected chi connectivity index (χ4v) is 4.86. The van der Waals surface area contributed by atoms with Crippen molar-refractivity contribution in [3.8, 4) is 22.4 Å². The first kappa shape index (κ1) is 20.8. The summed E-state index contributed by atoms with van der Waals surface area (Å²) in [4.78, 5) is 8.14. The van der Waals surface area contributed by atoms with E-state index in [4.69, 9.17) is 30.8 Å². The molecule has 2 N–H and O–H groups in total. The summed E-state index contributed by atoms with van der Waals surface area (Å²) in [7, 11) is 0. The number of nitrogens with zero attached hydrogens (tertiary/aromatic N) is 1. The van der Waals surface area contributed by atoms with Crippen molar-refractivity contribution in [2.45, 2.75) is 31.0 Å². The Hall–Kier alpha value is -2.74. The second-order valence-corrected chi connectivity index (χ2v) is 8.91. The number of halogens is 1. The lowest BCUT2D eigenvalue weighted by molar-refractivity contribution is -0.0446. The molecule has 4 heterocycles. The van der Waals surface area contributed by atoms with Crippen molar-refractivity contribution in [3.05, 3.63) is 77.4 Å². The molecule has 168 valence electrons.